The Morgan fingerprint density at radius 2 is 1.90 bits per heavy atom. The summed E-state index contributed by atoms with van der Waals surface area (Å²) in [6.07, 6.45) is 5.30. The van der Waals surface area contributed by atoms with Crippen molar-refractivity contribution in [1.82, 2.24) is 0 Å². The normalized spacial score (nSPS) is 12.0. The first kappa shape index (κ1) is 8.82. The van der Waals surface area contributed by atoms with Crippen molar-refractivity contribution in [3.63, 3.8) is 0 Å². The summed E-state index contributed by atoms with van der Waals surface area (Å²) in [5.74, 6) is -0.0186. The van der Waals surface area contributed by atoms with Crippen molar-refractivity contribution in [2.24, 2.45) is 0 Å². The van der Waals surface area contributed by atoms with Gasteiger partial charge in [0.05, 0.1) is 0 Å². The molecule has 0 aromatic carbocycles. The Balaban J connectivity index is 3.93. The quantitative estimate of drug-likeness (QED) is 0.334. The van der Waals surface area contributed by atoms with E-state index in [9.17, 15) is 9.59 Å². The molecule has 0 N–H and O–H groups in total. The second kappa shape index (κ2) is 4.68. The number of rotatable bonds is 3. The van der Waals surface area contributed by atoms with E-state index in [-0.39, 0.29) is 5.78 Å². The van der Waals surface area contributed by atoms with Crippen molar-refractivity contribution in [2.45, 2.75) is 13.8 Å². The Morgan fingerprint density at radius 1 is 1.30 bits per heavy atom. The van der Waals surface area contributed by atoms with Crippen LogP contribution in [0.1, 0.15) is 13.8 Å². The third-order valence-corrected chi connectivity index (χ3v) is 0.876. The summed E-state index contributed by atoms with van der Waals surface area (Å²) in [7, 11) is 0. The van der Waals surface area contributed by atoms with Crippen LogP contribution in [0.5, 0.6) is 0 Å². The average molecular weight is 138 g/mol. The summed E-state index contributed by atoms with van der Waals surface area (Å²) in [6.45, 7) is 3.14. The fourth-order valence-electron chi connectivity index (χ4n) is 0.375. The standard InChI is InChI=1S/C8H10O2/c1-7(6-9)4-3-5-8(2)10/h3-6H,1-2H3/b5-3-,7-4-. The van der Waals surface area contributed by atoms with Gasteiger partial charge in [-0.2, -0.15) is 0 Å². The molecule has 0 aliphatic carbocycles. The summed E-state index contributed by atoms with van der Waals surface area (Å²) >= 11 is 0. The van der Waals surface area contributed by atoms with Crippen LogP contribution in [0.25, 0.3) is 0 Å². The van der Waals surface area contributed by atoms with Gasteiger partial charge >= 0.3 is 0 Å². The van der Waals surface area contributed by atoms with Gasteiger partial charge in [0.2, 0.25) is 0 Å². The van der Waals surface area contributed by atoms with E-state index in [1.165, 1.54) is 13.0 Å². The largest absolute Gasteiger partial charge is 0.298 e. The van der Waals surface area contributed by atoms with Gasteiger partial charge in [0, 0.05) is 0 Å². The molecule has 0 bridgehead atoms. The minimum Gasteiger partial charge on any atom is -0.298 e. The Morgan fingerprint density at radius 3 is 2.30 bits per heavy atom. The number of ketones is 1. The van der Waals surface area contributed by atoms with Crippen molar-refractivity contribution in [3.8, 4) is 0 Å². The van der Waals surface area contributed by atoms with Gasteiger partial charge in [0.15, 0.2) is 5.78 Å². The molecule has 0 saturated heterocycles. The van der Waals surface area contributed by atoms with E-state index in [0.29, 0.717) is 5.57 Å². The number of carbonyl (C=O) groups is 2. The van der Waals surface area contributed by atoms with Gasteiger partial charge in [0.25, 0.3) is 0 Å². The predicted octanol–water partition coefficient (Wildman–Crippen LogP) is 1.28. The molecule has 0 unspecified atom stereocenters. The molecule has 0 amide bonds. The molecule has 0 atom stereocenters. The lowest BCUT2D eigenvalue weighted by Gasteiger charge is -1.79. The molecule has 0 aromatic heterocycles. The van der Waals surface area contributed by atoms with Gasteiger partial charge in [-0.15, -0.1) is 0 Å². The molecule has 10 heavy (non-hydrogen) atoms. The smallest absolute Gasteiger partial charge is 0.152 e. The average Bonchev–Trinajstić information content (AvgIpc) is 1.87. The first-order valence-corrected chi connectivity index (χ1v) is 2.97. The van der Waals surface area contributed by atoms with Crippen molar-refractivity contribution < 1.29 is 9.59 Å². The van der Waals surface area contributed by atoms with Crippen LogP contribution in [-0.4, -0.2) is 12.1 Å². The first-order valence-electron chi connectivity index (χ1n) is 2.97. The van der Waals surface area contributed by atoms with Crippen LogP contribution < -0.4 is 0 Å². The topological polar surface area (TPSA) is 34.1 Å². The lowest BCUT2D eigenvalue weighted by molar-refractivity contribution is -0.112. The summed E-state index contributed by atoms with van der Waals surface area (Å²) < 4.78 is 0. The lowest BCUT2D eigenvalue weighted by atomic mass is 10.3. The van der Waals surface area contributed by atoms with E-state index >= 15 is 0 Å². The van der Waals surface area contributed by atoms with E-state index < -0.39 is 0 Å². The number of hydrogen-bond donors (Lipinski definition) is 0. The van der Waals surface area contributed by atoms with Crippen LogP contribution in [0.2, 0.25) is 0 Å². The van der Waals surface area contributed by atoms with Gasteiger partial charge in [-0.25, -0.2) is 0 Å². The number of allylic oxidation sites excluding steroid dienone is 4. The van der Waals surface area contributed by atoms with Crippen molar-refractivity contribution in [3.05, 3.63) is 23.8 Å². The summed E-state index contributed by atoms with van der Waals surface area (Å²) in [4.78, 5) is 20.3. The van der Waals surface area contributed by atoms with Crippen LogP contribution in [0.15, 0.2) is 23.8 Å². The molecule has 0 rings (SSSR count). The number of carbonyl (C=O) groups excluding carboxylic acids is 2. The van der Waals surface area contributed by atoms with Crippen LogP contribution in [0.3, 0.4) is 0 Å². The molecule has 2 nitrogen and oxygen atoms in total. The lowest BCUT2D eigenvalue weighted by Crippen LogP contribution is -1.79. The van der Waals surface area contributed by atoms with Gasteiger partial charge in [-0.1, -0.05) is 12.2 Å². The highest BCUT2D eigenvalue weighted by molar-refractivity contribution is 5.87. The summed E-state index contributed by atoms with van der Waals surface area (Å²) in [5.41, 5.74) is 0.609. The molecule has 0 spiro atoms. The second-order valence-electron chi connectivity index (χ2n) is 2.00. The SMILES string of the molecule is CC(=O)/C=C\C=C(\C)C=O. The Kier molecular flexibility index (Phi) is 4.12. The minimum atomic E-state index is -0.0186. The molecule has 0 saturated carbocycles. The molecule has 0 radical (unpaired) electrons. The Hall–Kier alpha value is -1.18. The molecular weight excluding hydrogens is 128 g/mol. The van der Waals surface area contributed by atoms with Crippen molar-refractivity contribution >= 4 is 12.1 Å². The third kappa shape index (κ3) is 4.97. The fraction of sp³-hybridized carbons (Fsp3) is 0.250. The molecule has 0 aromatic rings. The summed E-state index contributed by atoms with van der Waals surface area (Å²) in [6, 6.07) is 0. The number of hydrogen-bond acceptors (Lipinski definition) is 2. The predicted molar refractivity (Wildman–Crippen MR) is 39.6 cm³/mol. The minimum absolute atomic E-state index is 0.0186. The maximum Gasteiger partial charge on any atom is 0.152 e. The Bertz CT molecular complexity index is 187. The molecule has 0 fully saturated rings. The van der Waals surface area contributed by atoms with Gasteiger partial charge < -0.3 is 0 Å². The Labute approximate surface area is 60.2 Å². The van der Waals surface area contributed by atoms with E-state index in [2.05, 4.69) is 0 Å². The highest BCUT2D eigenvalue weighted by atomic mass is 16.1. The monoisotopic (exact) mass is 138 g/mol. The molecule has 0 heterocycles. The van der Waals surface area contributed by atoms with Crippen molar-refractivity contribution in [1.29, 1.82) is 0 Å². The van der Waals surface area contributed by atoms with Gasteiger partial charge in [0.1, 0.15) is 6.29 Å². The summed E-state index contributed by atoms with van der Waals surface area (Å²) in [5, 5.41) is 0. The fourth-order valence-corrected chi connectivity index (χ4v) is 0.375. The zero-order chi connectivity index (χ0) is 7.98. The highest BCUT2D eigenvalue weighted by Crippen LogP contribution is 1.86. The van der Waals surface area contributed by atoms with Gasteiger partial charge in [-0.3, -0.25) is 9.59 Å². The maximum absolute atomic E-state index is 10.3. The zero-order valence-corrected chi connectivity index (χ0v) is 6.13. The molecular formula is C8H10O2. The zero-order valence-electron chi connectivity index (χ0n) is 6.13. The van der Waals surface area contributed by atoms with Crippen LogP contribution in [0.4, 0.5) is 0 Å². The van der Waals surface area contributed by atoms with E-state index in [1.54, 1.807) is 19.1 Å². The molecule has 0 aliphatic rings. The maximum atomic E-state index is 10.3. The first-order chi connectivity index (χ1) is 4.66. The van der Waals surface area contributed by atoms with Crippen LogP contribution >= 0.6 is 0 Å². The van der Waals surface area contributed by atoms with Gasteiger partial charge in [-0.05, 0) is 25.5 Å². The van der Waals surface area contributed by atoms with Crippen LogP contribution in [0, 0.1) is 0 Å². The molecule has 54 valence electrons. The van der Waals surface area contributed by atoms with E-state index in [1.807, 2.05) is 0 Å². The third-order valence-electron chi connectivity index (χ3n) is 0.876. The van der Waals surface area contributed by atoms with E-state index in [4.69, 9.17) is 0 Å². The van der Waals surface area contributed by atoms with Crippen molar-refractivity contribution in [2.75, 3.05) is 0 Å². The highest BCUT2D eigenvalue weighted by Gasteiger charge is 1.80. The molecule has 2 heteroatoms. The van der Waals surface area contributed by atoms with E-state index in [0.717, 1.165) is 6.29 Å². The van der Waals surface area contributed by atoms with Crippen LogP contribution in [-0.2, 0) is 9.59 Å². The second-order valence-corrected chi connectivity index (χ2v) is 2.00. The molecule has 0 aliphatic heterocycles. The number of aldehydes is 1.